The molecule has 2 atom stereocenters. The molecule has 0 aromatic rings. The van der Waals surface area contributed by atoms with E-state index in [1.807, 2.05) is 0 Å². The van der Waals surface area contributed by atoms with Gasteiger partial charge in [-0.1, -0.05) is 20.8 Å². The van der Waals surface area contributed by atoms with E-state index in [-0.39, 0.29) is 17.9 Å². The predicted octanol–water partition coefficient (Wildman–Crippen LogP) is 1.74. The Morgan fingerprint density at radius 2 is 2.00 bits per heavy atom. The Hall–Kier alpha value is -1.13. The van der Waals surface area contributed by atoms with Gasteiger partial charge in [-0.25, -0.2) is 0 Å². The van der Waals surface area contributed by atoms with E-state index in [0.29, 0.717) is 13.0 Å². The van der Waals surface area contributed by atoms with Crippen molar-refractivity contribution < 1.29 is 9.90 Å². The van der Waals surface area contributed by atoms with E-state index in [4.69, 9.17) is 5.11 Å². The fourth-order valence-electron chi connectivity index (χ4n) is 1.95. The highest BCUT2D eigenvalue weighted by atomic mass is 16.4. The largest absolute Gasteiger partial charge is 0.481 e. The van der Waals surface area contributed by atoms with Crippen molar-refractivity contribution in [1.29, 1.82) is 0 Å². The Balaban J connectivity index is 2.76. The van der Waals surface area contributed by atoms with Crippen molar-refractivity contribution in [3.8, 4) is 0 Å². The number of rotatable bonds is 2. The molecular formula is C10H18N2O3. The maximum atomic E-state index is 10.9. The van der Waals surface area contributed by atoms with Gasteiger partial charge >= 0.3 is 5.97 Å². The zero-order valence-electron chi connectivity index (χ0n) is 9.43. The predicted molar refractivity (Wildman–Crippen MR) is 56.1 cm³/mol. The number of piperidine rings is 1. The Labute approximate surface area is 89.4 Å². The van der Waals surface area contributed by atoms with Crippen LogP contribution in [0.5, 0.6) is 0 Å². The van der Waals surface area contributed by atoms with Crippen LogP contribution >= 0.6 is 0 Å². The smallest absolute Gasteiger partial charge is 0.308 e. The van der Waals surface area contributed by atoms with Crippen LogP contribution in [-0.2, 0) is 4.79 Å². The first kappa shape index (κ1) is 11.9. The van der Waals surface area contributed by atoms with Gasteiger partial charge in [0.1, 0.15) is 0 Å². The normalized spacial score (nSPS) is 27.5. The second kappa shape index (κ2) is 4.16. The molecule has 0 saturated carbocycles. The van der Waals surface area contributed by atoms with Gasteiger partial charge in [-0.05, 0) is 17.8 Å². The first-order chi connectivity index (χ1) is 6.84. The molecule has 0 aromatic carbocycles. The van der Waals surface area contributed by atoms with E-state index < -0.39 is 11.9 Å². The highest BCUT2D eigenvalue weighted by Gasteiger charge is 2.37. The summed E-state index contributed by atoms with van der Waals surface area (Å²) >= 11 is 0. The van der Waals surface area contributed by atoms with Gasteiger partial charge in [-0.15, -0.1) is 4.91 Å². The molecular weight excluding hydrogens is 196 g/mol. The van der Waals surface area contributed by atoms with Crippen LogP contribution in [0.3, 0.4) is 0 Å². The van der Waals surface area contributed by atoms with E-state index >= 15 is 0 Å². The minimum atomic E-state index is -0.836. The van der Waals surface area contributed by atoms with Crippen LogP contribution in [0.4, 0.5) is 0 Å². The lowest BCUT2D eigenvalue weighted by Crippen LogP contribution is -2.44. The van der Waals surface area contributed by atoms with Crippen molar-refractivity contribution >= 4 is 5.97 Å². The molecule has 0 bridgehead atoms. The van der Waals surface area contributed by atoms with Crippen molar-refractivity contribution in [3.63, 3.8) is 0 Å². The fourth-order valence-corrected chi connectivity index (χ4v) is 1.95. The number of hydrogen-bond acceptors (Lipinski definition) is 3. The lowest BCUT2D eigenvalue weighted by Gasteiger charge is -2.39. The van der Waals surface area contributed by atoms with Gasteiger partial charge in [0.25, 0.3) is 0 Å². The molecule has 1 heterocycles. The molecule has 1 aliphatic rings. The molecule has 0 aromatic heterocycles. The molecule has 0 aliphatic carbocycles. The molecule has 1 N–H and O–H groups in total. The average Bonchev–Trinajstić information content (AvgIpc) is 2.15. The summed E-state index contributed by atoms with van der Waals surface area (Å²) in [5.74, 6) is -1.11. The monoisotopic (exact) mass is 214 g/mol. The summed E-state index contributed by atoms with van der Waals surface area (Å²) in [4.78, 5) is 21.4. The third kappa shape index (κ3) is 2.91. The van der Waals surface area contributed by atoms with Gasteiger partial charge in [0.05, 0.1) is 17.7 Å². The highest BCUT2D eigenvalue weighted by Crippen LogP contribution is 2.35. The lowest BCUT2D eigenvalue weighted by molar-refractivity contribution is -0.145. The molecule has 15 heavy (non-hydrogen) atoms. The number of carboxylic acid groups (broad SMARTS) is 1. The van der Waals surface area contributed by atoms with Crippen LogP contribution in [0.25, 0.3) is 0 Å². The van der Waals surface area contributed by atoms with Crippen LogP contribution in [0.1, 0.15) is 27.2 Å². The van der Waals surface area contributed by atoms with Crippen LogP contribution in [-0.4, -0.2) is 29.2 Å². The lowest BCUT2D eigenvalue weighted by atomic mass is 9.74. The number of hydrogen-bond donors (Lipinski definition) is 1. The third-order valence-corrected chi connectivity index (χ3v) is 3.12. The summed E-state index contributed by atoms with van der Waals surface area (Å²) in [6.07, 6.45) is 0.630. The number of carboxylic acids is 1. The molecule has 2 unspecified atom stereocenters. The van der Waals surface area contributed by atoms with Gasteiger partial charge in [-0.2, -0.15) is 0 Å². The molecule has 5 nitrogen and oxygen atoms in total. The Kier molecular flexibility index (Phi) is 3.31. The first-order valence-corrected chi connectivity index (χ1v) is 5.15. The number of carbonyl (C=O) groups is 1. The summed E-state index contributed by atoms with van der Waals surface area (Å²) in [7, 11) is 0. The second-order valence-electron chi connectivity index (χ2n) is 5.29. The van der Waals surface area contributed by atoms with Crippen molar-refractivity contribution in [2.45, 2.75) is 27.2 Å². The van der Waals surface area contributed by atoms with Crippen molar-refractivity contribution in [2.75, 3.05) is 13.1 Å². The summed E-state index contributed by atoms with van der Waals surface area (Å²) < 4.78 is 0. The molecule has 1 fully saturated rings. The molecule has 1 aliphatic heterocycles. The van der Waals surface area contributed by atoms with Crippen LogP contribution in [0.15, 0.2) is 5.29 Å². The van der Waals surface area contributed by atoms with Crippen LogP contribution in [0.2, 0.25) is 0 Å². The second-order valence-corrected chi connectivity index (χ2v) is 5.29. The zero-order valence-corrected chi connectivity index (χ0v) is 9.43. The van der Waals surface area contributed by atoms with Gasteiger partial charge in [0, 0.05) is 6.54 Å². The molecule has 1 rings (SSSR count). The first-order valence-electron chi connectivity index (χ1n) is 5.15. The van der Waals surface area contributed by atoms with E-state index in [2.05, 4.69) is 26.1 Å². The Morgan fingerprint density at radius 3 is 2.40 bits per heavy atom. The minimum Gasteiger partial charge on any atom is -0.481 e. The summed E-state index contributed by atoms with van der Waals surface area (Å²) in [6, 6.07) is 0. The molecule has 5 heteroatoms. The summed E-state index contributed by atoms with van der Waals surface area (Å²) in [5, 5.41) is 13.2. The fraction of sp³-hybridized carbons (Fsp3) is 0.900. The highest BCUT2D eigenvalue weighted by molar-refractivity contribution is 5.70. The molecule has 0 radical (unpaired) electrons. The zero-order chi connectivity index (χ0) is 11.6. The summed E-state index contributed by atoms with van der Waals surface area (Å²) in [5.41, 5.74) is 0.0110. The van der Waals surface area contributed by atoms with Gasteiger partial charge in [0.2, 0.25) is 0 Å². The Bertz CT molecular complexity index is 260. The molecule has 1 saturated heterocycles. The molecule has 0 spiro atoms. The van der Waals surface area contributed by atoms with E-state index in [0.717, 1.165) is 0 Å². The van der Waals surface area contributed by atoms with Gasteiger partial charge in [0.15, 0.2) is 0 Å². The van der Waals surface area contributed by atoms with Crippen molar-refractivity contribution in [2.24, 2.45) is 22.5 Å². The SMILES string of the molecule is CC(C)(C)C1CC(C(=O)O)CN(N=O)C1. The van der Waals surface area contributed by atoms with E-state index in [1.165, 1.54) is 5.01 Å². The number of nitroso groups, excluding NO2 is 1. The van der Waals surface area contributed by atoms with Crippen molar-refractivity contribution in [1.82, 2.24) is 5.01 Å². The summed E-state index contributed by atoms with van der Waals surface area (Å²) in [6.45, 7) is 6.99. The maximum absolute atomic E-state index is 10.9. The van der Waals surface area contributed by atoms with Crippen LogP contribution < -0.4 is 0 Å². The Morgan fingerprint density at radius 1 is 1.40 bits per heavy atom. The minimum absolute atomic E-state index is 0.0110. The average molecular weight is 214 g/mol. The quantitative estimate of drug-likeness (QED) is 0.711. The maximum Gasteiger partial charge on any atom is 0.308 e. The van der Waals surface area contributed by atoms with Gasteiger partial charge < -0.3 is 5.11 Å². The van der Waals surface area contributed by atoms with Crippen molar-refractivity contribution in [3.05, 3.63) is 4.91 Å². The van der Waals surface area contributed by atoms with Crippen LogP contribution in [0, 0.1) is 22.2 Å². The topological polar surface area (TPSA) is 70.0 Å². The standard InChI is InChI=1S/C10H18N2O3/c1-10(2,3)8-4-7(9(13)14)5-12(6-8)11-15/h7-8H,4-6H2,1-3H3,(H,13,14). The molecule has 0 amide bonds. The van der Waals surface area contributed by atoms with E-state index in [9.17, 15) is 9.70 Å². The molecule has 86 valence electrons. The third-order valence-electron chi connectivity index (χ3n) is 3.12. The number of aliphatic carboxylic acids is 1. The van der Waals surface area contributed by atoms with E-state index in [1.54, 1.807) is 0 Å². The van der Waals surface area contributed by atoms with Gasteiger partial charge in [-0.3, -0.25) is 9.80 Å². The number of nitrogens with zero attached hydrogens (tertiary/aromatic N) is 2.